The number of hydrogen-bond donors (Lipinski definition) is 2. The molecule has 0 unspecified atom stereocenters. The van der Waals surface area contributed by atoms with Crippen molar-refractivity contribution in [1.29, 1.82) is 0 Å². The molecule has 1 aromatic carbocycles. The maximum Gasteiger partial charge on any atom is 0.238 e. The van der Waals surface area contributed by atoms with E-state index in [9.17, 15) is 4.79 Å². The van der Waals surface area contributed by atoms with Crippen LogP contribution in [0.5, 0.6) is 0 Å². The Balaban J connectivity index is 2.61. The zero-order valence-corrected chi connectivity index (χ0v) is 8.45. The van der Waals surface area contributed by atoms with Gasteiger partial charge in [-0.05, 0) is 26.2 Å². The van der Waals surface area contributed by atoms with Crippen LogP contribution in [0.2, 0.25) is 0 Å². The topological polar surface area (TPSA) is 58.4 Å². The third-order valence-electron chi connectivity index (χ3n) is 1.69. The summed E-state index contributed by atoms with van der Waals surface area (Å²) in [6, 6.07) is 7.20. The number of para-hydroxylation sites is 2. The molecule has 4 nitrogen and oxygen atoms in total. The highest BCUT2D eigenvalue weighted by molar-refractivity contribution is 5.94. The van der Waals surface area contributed by atoms with Gasteiger partial charge in [0, 0.05) is 0 Å². The molecule has 0 aliphatic heterocycles. The van der Waals surface area contributed by atoms with Crippen LogP contribution in [-0.4, -0.2) is 31.4 Å². The molecular weight excluding hydrogens is 178 g/mol. The molecule has 3 N–H and O–H groups in total. The molecule has 76 valence electrons. The summed E-state index contributed by atoms with van der Waals surface area (Å²) >= 11 is 0. The van der Waals surface area contributed by atoms with Crippen molar-refractivity contribution in [2.45, 2.75) is 0 Å². The van der Waals surface area contributed by atoms with Gasteiger partial charge in [0.25, 0.3) is 0 Å². The lowest BCUT2D eigenvalue weighted by Crippen LogP contribution is -2.27. The average Bonchev–Trinajstić information content (AvgIpc) is 2.07. The molecule has 0 atom stereocenters. The van der Waals surface area contributed by atoms with Gasteiger partial charge >= 0.3 is 0 Å². The molecule has 0 fully saturated rings. The molecule has 0 heterocycles. The summed E-state index contributed by atoms with van der Waals surface area (Å²) < 4.78 is 0. The van der Waals surface area contributed by atoms with Gasteiger partial charge in [-0.2, -0.15) is 0 Å². The molecule has 1 aromatic rings. The first-order valence-electron chi connectivity index (χ1n) is 4.38. The molecule has 0 aromatic heterocycles. The van der Waals surface area contributed by atoms with Crippen LogP contribution in [0, 0.1) is 0 Å². The molecule has 1 rings (SSSR count). The zero-order chi connectivity index (χ0) is 10.6. The van der Waals surface area contributed by atoms with Gasteiger partial charge < -0.3 is 16.0 Å². The second-order valence-corrected chi connectivity index (χ2v) is 3.37. The second-order valence-electron chi connectivity index (χ2n) is 3.37. The normalized spacial score (nSPS) is 10.2. The van der Waals surface area contributed by atoms with Crippen LogP contribution in [0.25, 0.3) is 0 Å². The van der Waals surface area contributed by atoms with Crippen LogP contribution < -0.4 is 11.1 Å². The second kappa shape index (κ2) is 4.62. The van der Waals surface area contributed by atoms with Crippen molar-refractivity contribution in [2.75, 3.05) is 31.7 Å². The highest BCUT2D eigenvalue weighted by atomic mass is 16.2. The van der Waals surface area contributed by atoms with E-state index in [4.69, 9.17) is 5.73 Å². The number of nitrogen functional groups attached to an aromatic ring is 1. The number of likely N-dealkylation sites (N-methyl/N-ethyl adjacent to an activating group) is 1. The molecule has 0 saturated heterocycles. The van der Waals surface area contributed by atoms with Crippen LogP contribution in [0.15, 0.2) is 24.3 Å². The number of carbonyl (C=O) groups excluding carboxylic acids is 1. The predicted molar refractivity (Wildman–Crippen MR) is 58.0 cm³/mol. The van der Waals surface area contributed by atoms with E-state index in [0.717, 1.165) is 0 Å². The number of rotatable bonds is 3. The van der Waals surface area contributed by atoms with E-state index in [1.165, 1.54) is 0 Å². The van der Waals surface area contributed by atoms with Crippen LogP contribution in [0.3, 0.4) is 0 Å². The van der Waals surface area contributed by atoms with E-state index in [2.05, 4.69) is 5.32 Å². The summed E-state index contributed by atoms with van der Waals surface area (Å²) in [5.41, 5.74) is 6.92. The Bertz CT molecular complexity index is 323. The molecule has 0 aliphatic rings. The Hall–Kier alpha value is -1.55. The lowest BCUT2D eigenvalue weighted by Gasteiger charge is -2.11. The molecule has 0 bridgehead atoms. The molecule has 1 amide bonds. The van der Waals surface area contributed by atoms with Gasteiger partial charge in [-0.1, -0.05) is 12.1 Å². The van der Waals surface area contributed by atoms with E-state index in [1.54, 1.807) is 17.0 Å². The maximum atomic E-state index is 11.4. The van der Waals surface area contributed by atoms with Gasteiger partial charge in [-0.3, -0.25) is 4.79 Å². The van der Waals surface area contributed by atoms with Crippen molar-refractivity contribution >= 4 is 17.3 Å². The highest BCUT2D eigenvalue weighted by Crippen LogP contribution is 2.16. The number of amides is 1. The van der Waals surface area contributed by atoms with Crippen molar-refractivity contribution < 1.29 is 4.79 Å². The largest absolute Gasteiger partial charge is 0.397 e. The summed E-state index contributed by atoms with van der Waals surface area (Å²) in [6.07, 6.45) is 0. The third-order valence-corrected chi connectivity index (χ3v) is 1.69. The van der Waals surface area contributed by atoms with E-state index >= 15 is 0 Å². The first kappa shape index (κ1) is 10.5. The summed E-state index contributed by atoms with van der Waals surface area (Å²) in [5, 5.41) is 2.74. The smallest absolute Gasteiger partial charge is 0.238 e. The Morgan fingerprint density at radius 1 is 1.43 bits per heavy atom. The summed E-state index contributed by atoms with van der Waals surface area (Å²) in [6.45, 7) is 0.355. The van der Waals surface area contributed by atoms with Gasteiger partial charge in [0.2, 0.25) is 5.91 Å². The fourth-order valence-electron chi connectivity index (χ4n) is 1.09. The van der Waals surface area contributed by atoms with Gasteiger partial charge in [-0.15, -0.1) is 0 Å². The molecule has 0 radical (unpaired) electrons. The summed E-state index contributed by atoms with van der Waals surface area (Å²) in [5.74, 6) is -0.0621. The minimum Gasteiger partial charge on any atom is -0.397 e. The number of anilines is 2. The molecule has 14 heavy (non-hydrogen) atoms. The van der Waals surface area contributed by atoms with Crippen molar-refractivity contribution in [2.24, 2.45) is 0 Å². The van der Waals surface area contributed by atoms with Gasteiger partial charge in [-0.25, -0.2) is 0 Å². The van der Waals surface area contributed by atoms with E-state index in [0.29, 0.717) is 17.9 Å². The van der Waals surface area contributed by atoms with Crippen molar-refractivity contribution in [1.82, 2.24) is 4.90 Å². The van der Waals surface area contributed by atoms with Gasteiger partial charge in [0.05, 0.1) is 17.9 Å². The average molecular weight is 193 g/mol. The lowest BCUT2D eigenvalue weighted by molar-refractivity contribution is -0.116. The minimum absolute atomic E-state index is 0.0621. The van der Waals surface area contributed by atoms with Crippen LogP contribution in [0.1, 0.15) is 0 Å². The van der Waals surface area contributed by atoms with E-state index in [-0.39, 0.29) is 5.91 Å². The Labute approximate surface area is 83.7 Å². The molecule has 4 heteroatoms. The molecule has 0 saturated carbocycles. The fourth-order valence-corrected chi connectivity index (χ4v) is 1.09. The Morgan fingerprint density at radius 2 is 2.07 bits per heavy atom. The summed E-state index contributed by atoms with van der Waals surface area (Å²) in [4.78, 5) is 13.2. The minimum atomic E-state index is -0.0621. The third kappa shape index (κ3) is 3.06. The van der Waals surface area contributed by atoms with Gasteiger partial charge in [0.15, 0.2) is 0 Å². The monoisotopic (exact) mass is 193 g/mol. The van der Waals surface area contributed by atoms with Crippen LogP contribution >= 0.6 is 0 Å². The maximum absolute atomic E-state index is 11.4. The zero-order valence-electron chi connectivity index (χ0n) is 8.45. The Kier molecular flexibility index (Phi) is 3.48. The lowest BCUT2D eigenvalue weighted by atomic mass is 10.2. The number of nitrogens with one attached hydrogen (secondary N) is 1. The van der Waals surface area contributed by atoms with Gasteiger partial charge in [0.1, 0.15) is 0 Å². The number of nitrogens with two attached hydrogens (primary N) is 1. The number of carbonyl (C=O) groups is 1. The summed E-state index contributed by atoms with van der Waals surface area (Å²) in [7, 11) is 3.68. The first-order valence-corrected chi connectivity index (χ1v) is 4.38. The predicted octanol–water partition coefficient (Wildman–Crippen LogP) is 0.769. The number of benzene rings is 1. The van der Waals surface area contributed by atoms with Crippen LogP contribution in [-0.2, 0) is 4.79 Å². The molecular formula is C10H15N3O. The fraction of sp³-hybridized carbons (Fsp3) is 0.300. The first-order chi connectivity index (χ1) is 6.59. The van der Waals surface area contributed by atoms with E-state index < -0.39 is 0 Å². The van der Waals surface area contributed by atoms with Crippen molar-refractivity contribution in [3.8, 4) is 0 Å². The van der Waals surface area contributed by atoms with Crippen molar-refractivity contribution in [3.05, 3.63) is 24.3 Å². The van der Waals surface area contributed by atoms with Crippen molar-refractivity contribution in [3.63, 3.8) is 0 Å². The standard InChI is InChI=1S/C10H15N3O/c1-13(2)7-10(14)12-9-6-4-3-5-8(9)11/h3-6H,7,11H2,1-2H3,(H,12,14). The highest BCUT2D eigenvalue weighted by Gasteiger charge is 2.04. The number of nitrogens with zero attached hydrogens (tertiary/aromatic N) is 1. The Morgan fingerprint density at radius 3 is 2.64 bits per heavy atom. The quantitative estimate of drug-likeness (QED) is 0.697. The van der Waals surface area contributed by atoms with E-state index in [1.807, 2.05) is 26.2 Å². The molecule has 0 spiro atoms. The SMILES string of the molecule is CN(C)CC(=O)Nc1ccccc1N. The number of hydrogen-bond acceptors (Lipinski definition) is 3. The molecule has 0 aliphatic carbocycles. The van der Waals surface area contributed by atoms with Crippen LogP contribution in [0.4, 0.5) is 11.4 Å².